The van der Waals surface area contributed by atoms with Crippen LogP contribution in [0.5, 0.6) is 0 Å². The van der Waals surface area contributed by atoms with Gasteiger partial charge < -0.3 is 4.74 Å². The van der Waals surface area contributed by atoms with Gasteiger partial charge in [0.15, 0.2) is 0 Å². The third-order valence-electron chi connectivity index (χ3n) is 2.72. The van der Waals surface area contributed by atoms with Gasteiger partial charge in [-0.2, -0.15) is 0 Å². The summed E-state index contributed by atoms with van der Waals surface area (Å²) < 4.78 is 5.65. The third kappa shape index (κ3) is 2.48. The summed E-state index contributed by atoms with van der Waals surface area (Å²) in [6.07, 6.45) is 5.70. The van der Waals surface area contributed by atoms with Crippen molar-refractivity contribution in [1.29, 1.82) is 0 Å². The van der Waals surface area contributed by atoms with Gasteiger partial charge in [-0.1, -0.05) is 20.3 Å². The quantitative estimate of drug-likeness (QED) is 0.597. The Hall–Kier alpha value is -0.0400. The van der Waals surface area contributed by atoms with Gasteiger partial charge in [0.25, 0.3) is 0 Å². The summed E-state index contributed by atoms with van der Waals surface area (Å²) in [5, 5.41) is 0. The van der Waals surface area contributed by atoms with E-state index in [1.165, 1.54) is 25.7 Å². The van der Waals surface area contributed by atoms with E-state index < -0.39 is 0 Å². The molecule has 1 saturated heterocycles. The molecule has 2 atom stereocenters. The number of hydrogen-bond donors (Lipinski definition) is 0. The van der Waals surface area contributed by atoms with Crippen LogP contribution in [0.1, 0.15) is 46.5 Å². The van der Waals surface area contributed by atoms with Crippen LogP contribution >= 0.6 is 0 Å². The molecule has 0 saturated carbocycles. The van der Waals surface area contributed by atoms with Crippen molar-refractivity contribution in [2.75, 3.05) is 6.61 Å². The molecule has 1 nitrogen and oxygen atoms in total. The fourth-order valence-corrected chi connectivity index (χ4v) is 1.85. The predicted octanol–water partition coefficient (Wildman–Crippen LogP) is 2.99. The van der Waals surface area contributed by atoms with Gasteiger partial charge in [-0.3, -0.25) is 0 Å². The average molecular weight is 156 g/mol. The summed E-state index contributed by atoms with van der Waals surface area (Å²) in [5.41, 5.74) is 0.487. The lowest BCUT2D eigenvalue weighted by Gasteiger charge is -2.36. The van der Waals surface area contributed by atoms with Crippen LogP contribution in [0.4, 0.5) is 0 Å². The summed E-state index contributed by atoms with van der Waals surface area (Å²) >= 11 is 0. The van der Waals surface area contributed by atoms with Crippen molar-refractivity contribution >= 4 is 0 Å². The maximum absolute atomic E-state index is 5.65. The first-order valence-electron chi connectivity index (χ1n) is 4.78. The average Bonchev–Trinajstić information content (AvgIpc) is 1.97. The molecule has 11 heavy (non-hydrogen) atoms. The SMILES string of the molecule is CCCC1(C)CCC(C)OC1. The summed E-state index contributed by atoms with van der Waals surface area (Å²) in [6, 6.07) is 0. The molecule has 1 heteroatoms. The molecule has 0 aliphatic carbocycles. The Balaban J connectivity index is 2.35. The van der Waals surface area contributed by atoms with Gasteiger partial charge >= 0.3 is 0 Å². The van der Waals surface area contributed by atoms with Crippen LogP contribution in [0.25, 0.3) is 0 Å². The second-order valence-corrected chi connectivity index (χ2v) is 4.22. The highest BCUT2D eigenvalue weighted by Gasteiger charge is 2.28. The van der Waals surface area contributed by atoms with Crippen molar-refractivity contribution in [1.82, 2.24) is 0 Å². The lowest BCUT2D eigenvalue weighted by molar-refractivity contribution is -0.0500. The van der Waals surface area contributed by atoms with Crippen LogP contribution in [0.2, 0.25) is 0 Å². The van der Waals surface area contributed by atoms with E-state index in [1.807, 2.05) is 0 Å². The summed E-state index contributed by atoms with van der Waals surface area (Å²) in [6.45, 7) is 7.75. The lowest BCUT2D eigenvalue weighted by Crippen LogP contribution is -2.32. The standard InChI is InChI=1S/C10H20O/c1-4-6-10(3)7-5-9(2)11-8-10/h9H,4-8H2,1-3H3. The zero-order valence-electron chi connectivity index (χ0n) is 8.02. The van der Waals surface area contributed by atoms with E-state index in [2.05, 4.69) is 20.8 Å². The van der Waals surface area contributed by atoms with Crippen LogP contribution in [-0.2, 0) is 4.74 Å². The zero-order chi connectivity index (χ0) is 8.32. The molecule has 0 aromatic heterocycles. The minimum Gasteiger partial charge on any atom is -0.378 e. The predicted molar refractivity (Wildman–Crippen MR) is 47.7 cm³/mol. The molecule has 0 N–H and O–H groups in total. The molecule has 1 heterocycles. The Labute approximate surface area is 70.1 Å². The molecular formula is C10H20O. The molecular weight excluding hydrogens is 136 g/mol. The molecule has 1 aliphatic rings. The van der Waals surface area contributed by atoms with Crippen molar-refractivity contribution in [3.63, 3.8) is 0 Å². The van der Waals surface area contributed by atoms with Crippen molar-refractivity contribution in [3.8, 4) is 0 Å². The van der Waals surface area contributed by atoms with Gasteiger partial charge in [-0.05, 0) is 31.6 Å². The number of hydrogen-bond acceptors (Lipinski definition) is 1. The first-order chi connectivity index (χ1) is 5.16. The van der Waals surface area contributed by atoms with E-state index in [9.17, 15) is 0 Å². The van der Waals surface area contributed by atoms with Gasteiger partial charge in [0.1, 0.15) is 0 Å². The lowest BCUT2D eigenvalue weighted by atomic mass is 9.79. The van der Waals surface area contributed by atoms with Crippen LogP contribution in [0.15, 0.2) is 0 Å². The largest absolute Gasteiger partial charge is 0.378 e. The topological polar surface area (TPSA) is 9.23 Å². The Bertz CT molecular complexity index is 112. The summed E-state index contributed by atoms with van der Waals surface area (Å²) in [7, 11) is 0. The van der Waals surface area contributed by atoms with E-state index in [4.69, 9.17) is 4.74 Å². The van der Waals surface area contributed by atoms with Crippen molar-refractivity contribution < 1.29 is 4.74 Å². The maximum atomic E-state index is 5.65. The Kier molecular flexibility index (Phi) is 2.94. The van der Waals surface area contributed by atoms with Crippen LogP contribution in [0.3, 0.4) is 0 Å². The van der Waals surface area contributed by atoms with Crippen molar-refractivity contribution in [3.05, 3.63) is 0 Å². The fraction of sp³-hybridized carbons (Fsp3) is 1.00. The molecule has 0 amide bonds. The smallest absolute Gasteiger partial charge is 0.0547 e. The monoisotopic (exact) mass is 156 g/mol. The molecule has 0 aromatic carbocycles. The number of ether oxygens (including phenoxy) is 1. The minimum atomic E-state index is 0.487. The van der Waals surface area contributed by atoms with E-state index in [-0.39, 0.29) is 0 Å². The normalized spacial score (nSPS) is 39.0. The molecule has 0 radical (unpaired) electrons. The highest BCUT2D eigenvalue weighted by atomic mass is 16.5. The van der Waals surface area contributed by atoms with E-state index in [0.717, 1.165) is 6.61 Å². The van der Waals surface area contributed by atoms with Gasteiger partial charge in [-0.15, -0.1) is 0 Å². The molecule has 0 bridgehead atoms. The third-order valence-corrected chi connectivity index (χ3v) is 2.72. The van der Waals surface area contributed by atoms with E-state index in [1.54, 1.807) is 0 Å². The van der Waals surface area contributed by atoms with Gasteiger partial charge in [0, 0.05) is 0 Å². The number of rotatable bonds is 2. The van der Waals surface area contributed by atoms with E-state index in [0.29, 0.717) is 11.5 Å². The van der Waals surface area contributed by atoms with Crippen molar-refractivity contribution in [2.24, 2.45) is 5.41 Å². The molecule has 1 aliphatic heterocycles. The Morgan fingerprint density at radius 1 is 1.55 bits per heavy atom. The van der Waals surface area contributed by atoms with E-state index >= 15 is 0 Å². The molecule has 0 aromatic rings. The van der Waals surface area contributed by atoms with Crippen LogP contribution in [-0.4, -0.2) is 12.7 Å². The molecule has 66 valence electrons. The highest BCUT2D eigenvalue weighted by Crippen LogP contribution is 2.34. The van der Waals surface area contributed by atoms with Crippen molar-refractivity contribution in [2.45, 2.75) is 52.6 Å². The Morgan fingerprint density at radius 2 is 2.27 bits per heavy atom. The van der Waals surface area contributed by atoms with Crippen LogP contribution < -0.4 is 0 Å². The fourth-order valence-electron chi connectivity index (χ4n) is 1.85. The molecule has 1 fully saturated rings. The second-order valence-electron chi connectivity index (χ2n) is 4.22. The highest BCUT2D eigenvalue weighted by molar-refractivity contribution is 4.78. The Morgan fingerprint density at radius 3 is 2.73 bits per heavy atom. The molecule has 1 rings (SSSR count). The molecule has 2 unspecified atom stereocenters. The maximum Gasteiger partial charge on any atom is 0.0547 e. The minimum absolute atomic E-state index is 0.487. The zero-order valence-corrected chi connectivity index (χ0v) is 8.02. The second kappa shape index (κ2) is 3.57. The van der Waals surface area contributed by atoms with Crippen LogP contribution in [0, 0.1) is 5.41 Å². The van der Waals surface area contributed by atoms with Gasteiger partial charge in [0.2, 0.25) is 0 Å². The first-order valence-corrected chi connectivity index (χ1v) is 4.78. The van der Waals surface area contributed by atoms with Gasteiger partial charge in [0.05, 0.1) is 12.7 Å². The first kappa shape index (κ1) is 9.05. The van der Waals surface area contributed by atoms with Gasteiger partial charge in [-0.25, -0.2) is 0 Å². The summed E-state index contributed by atoms with van der Waals surface area (Å²) in [4.78, 5) is 0. The summed E-state index contributed by atoms with van der Waals surface area (Å²) in [5.74, 6) is 0. The molecule has 0 spiro atoms.